The van der Waals surface area contributed by atoms with Crippen molar-refractivity contribution < 1.29 is 9.53 Å². The smallest absolute Gasteiger partial charge is 0.227 e. The second-order valence-electron chi connectivity index (χ2n) is 4.45. The van der Waals surface area contributed by atoms with Crippen LogP contribution in [0.25, 0.3) is 0 Å². The van der Waals surface area contributed by atoms with Gasteiger partial charge in [-0.15, -0.1) is 12.4 Å². The molecule has 0 bridgehead atoms. The fraction of sp³-hybridized carbons (Fsp3) is 0.909. The molecule has 16 heavy (non-hydrogen) atoms. The van der Waals surface area contributed by atoms with Gasteiger partial charge in [-0.3, -0.25) is 4.79 Å². The van der Waals surface area contributed by atoms with Crippen LogP contribution in [0.4, 0.5) is 0 Å². The molecule has 94 valence electrons. The molecule has 1 amide bonds. The van der Waals surface area contributed by atoms with Gasteiger partial charge in [0, 0.05) is 26.7 Å². The average Bonchev–Trinajstić information content (AvgIpc) is 2.82. The summed E-state index contributed by atoms with van der Waals surface area (Å²) in [5.41, 5.74) is 0. The Morgan fingerprint density at radius 2 is 2.00 bits per heavy atom. The van der Waals surface area contributed by atoms with Gasteiger partial charge in [-0.25, -0.2) is 0 Å². The Morgan fingerprint density at radius 3 is 2.50 bits per heavy atom. The van der Waals surface area contributed by atoms with Gasteiger partial charge < -0.3 is 15.0 Å². The number of nitrogens with one attached hydrogen (secondary N) is 1. The van der Waals surface area contributed by atoms with E-state index in [1.807, 2.05) is 4.90 Å². The molecular formula is C11H21ClN2O2. The van der Waals surface area contributed by atoms with E-state index in [2.05, 4.69) is 5.32 Å². The van der Waals surface area contributed by atoms with E-state index < -0.39 is 0 Å². The first-order valence-electron chi connectivity index (χ1n) is 5.83. The monoisotopic (exact) mass is 248 g/mol. The molecule has 2 saturated heterocycles. The lowest BCUT2D eigenvalue weighted by Gasteiger charge is -2.32. The molecule has 2 rings (SSSR count). The van der Waals surface area contributed by atoms with E-state index in [4.69, 9.17) is 4.74 Å². The minimum absolute atomic E-state index is 0. The number of piperidine rings is 1. The number of likely N-dealkylation sites (tertiary alicyclic amines) is 1. The third-order valence-corrected chi connectivity index (χ3v) is 3.50. The van der Waals surface area contributed by atoms with Crippen molar-refractivity contribution in [2.75, 3.05) is 33.3 Å². The molecule has 0 spiro atoms. The first-order chi connectivity index (χ1) is 7.31. The van der Waals surface area contributed by atoms with Crippen molar-refractivity contribution in [3.63, 3.8) is 0 Å². The van der Waals surface area contributed by atoms with Crippen LogP contribution in [0, 0.1) is 5.92 Å². The molecule has 2 heterocycles. The molecule has 0 aromatic carbocycles. The molecule has 0 saturated carbocycles. The van der Waals surface area contributed by atoms with Gasteiger partial charge >= 0.3 is 0 Å². The Labute approximate surface area is 103 Å². The van der Waals surface area contributed by atoms with Crippen molar-refractivity contribution in [1.29, 1.82) is 0 Å². The van der Waals surface area contributed by atoms with Crippen LogP contribution in [0.1, 0.15) is 19.3 Å². The van der Waals surface area contributed by atoms with E-state index in [-0.39, 0.29) is 18.3 Å². The number of halogens is 1. The maximum absolute atomic E-state index is 12.0. The summed E-state index contributed by atoms with van der Waals surface area (Å²) < 4.78 is 5.29. The lowest BCUT2D eigenvalue weighted by atomic mass is 10.0. The highest BCUT2D eigenvalue weighted by Crippen LogP contribution is 2.18. The predicted octanol–water partition coefficient (Wildman–Crippen LogP) is 0.655. The molecule has 0 unspecified atom stereocenters. The third-order valence-electron chi connectivity index (χ3n) is 3.50. The van der Waals surface area contributed by atoms with E-state index in [0.717, 1.165) is 45.4 Å². The second-order valence-corrected chi connectivity index (χ2v) is 4.45. The van der Waals surface area contributed by atoms with Gasteiger partial charge in [-0.05, 0) is 25.8 Å². The van der Waals surface area contributed by atoms with E-state index in [1.165, 1.54) is 0 Å². The minimum atomic E-state index is 0. The number of carbonyl (C=O) groups excluding carboxylic acids is 1. The first kappa shape index (κ1) is 13.7. The zero-order valence-corrected chi connectivity index (χ0v) is 10.6. The zero-order chi connectivity index (χ0) is 10.7. The maximum Gasteiger partial charge on any atom is 0.227 e. The summed E-state index contributed by atoms with van der Waals surface area (Å²) in [4.78, 5) is 14.0. The van der Waals surface area contributed by atoms with Crippen LogP contribution in [-0.4, -0.2) is 50.2 Å². The Morgan fingerprint density at radius 1 is 1.31 bits per heavy atom. The van der Waals surface area contributed by atoms with E-state index >= 15 is 0 Å². The highest BCUT2D eigenvalue weighted by Gasteiger charge is 2.29. The van der Waals surface area contributed by atoms with Crippen LogP contribution in [0.15, 0.2) is 0 Å². The summed E-state index contributed by atoms with van der Waals surface area (Å²) in [6, 6.07) is 0. The van der Waals surface area contributed by atoms with Gasteiger partial charge in [-0.1, -0.05) is 0 Å². The summed E-state index contributed by atoms with van der Waals surface area (Å²) in [5, 5.41) is 3.24. The van der Waals surface area contributed by atoms with Crippen LogP contribution in [-0.2, 0) is 9.53 Å². The quantitative estimate of drug-likeness (QED) is 0.781. The SMILES string of the molecule is COC1CCN(C(=O)[C@H]2CCNC2)CC1.Cl. The second kappa shape index (κ2) is 6.42. The molecule has 0 aliphatic carbocycles. The number of methoxy groups -OCH3 is 1. The van der Waals surface area contributed by atoms with Gasteiger partial charge in [0.05, 0.1) is 12.0 Å². The van der Waals surface area contributed by atoms with Crippen LogP contribution >= 0.6 is 12.4 Å². The van der Waals surface area contributed by atoms with Crippen molar-refractivity contribution >= 4 is 18.3 Å². The summed E-state index contributed by atoms with van der Waals surface area (Å²) in [6.07, 6.45) is 3.34. The number of nitrogens with zero attached hydrogens (tertiary/aromatic N) is 1. The van der Waals surface area contributed by atoms with Crippen LogP contribution < -0.4 is 5.32 Å². The molecule has 2 aliphatic rings. The molecule has 1 N–H and O–H groups in total. The number of carbonyl (C=O) groups is 1. The largest absolute Gasteiger partial charge is 0.381 e. The summed E-state index contributed by atoms with van der Waals surface area (Å²) in [6.45, 7) is 3.59. The third kappa shape index (κ3) is 3.09. The molecule has 4 nitrogen and oxygen atoms in total. The summed E-state index contributed by atoms with van der Waals surface area (Å²) in [7, 11) is 1.75. The van der Waals surface area contributed by atoms with Gasteiger partial charge in [0.1, 0.15) is 0 Å². The van der Waals surface area contributed by atoms with Gasteiger partial charge in [0.15, 0.2) is 0 Å². The zero-order valence-electron chi connectivity index (χ0n) is 9.78. The lowest BCUT2D eigenvalue weighted by Crippen LogP contribution is -2.43. The highest BCUT2D eigenvalue weighted by molar-refractivity contribution is 5.85. The number of ether oxygens (including phenoxy) is 1. The normalized spacial score (nSPS) is 26.6. The van der Waals surface area contributed by atoms with Crippen molar-refractivity contribution in [3.8, 4) is 0 Å². The Kier molecular flexibility index (Phi) is 5.52. The topological polar surface area (TPSA) is 41.6 Å². The summed E-state index contributed by atoms with van der Waals surface area (Å²) >= 11 is 0. The van der Waals surface area contributed by atoms with Gasteiger partial charge in [0.2, 0.25) is 5.91 Å². The van der Waals surface area contributed by atoms with Gasteiger partial charge in [0.25, 0.3) is 0 Å². The Balaban J connectivity index is 0.00000128. The van der Waals surface area contributed by atoms with Crippen LogP contribution in [0.3, 0.4) is 0 Å². The van der Waals surface area contributed by atoms with E-state index in [0.29, 0.717) is 12.0 Å². The molecule has 0 aromatic rings. The molecule has 0 radical (unpaired) electrons. The van der Waals surface area contributed by atoms with Crippen molar-refractivity contribution in [2.45, 2.75) is 25.4 Å². The van der Waals surface area contributed by atoms with Crippen molar-refractivity contribution in [1.82, 2.24) is 10.2 Å². The number of hydrogen-bond donors (Lipinski definition) is 1. The van der Waals surface area contributed by atoms with Crippen LogP contribution in [0.5, 0.6) is 0 Å². The standard InChI is InChI=1S/C11H20N2O2.ClH/c1-15-10-3-6-13(7-4-10)11(14)9-2-5-12-8-9;/h9-10,12H,2-8H2,1H3;1H/t9-;/m0./s1. The van der Waals surface area contributed by atoms with E-state index in [1.54, 1.807) is 7.11 Å². The fourth-order valence-corrected chi connectivity index (χ4v) is 2.44. The number of hydrogen-bond acceptors (Lipinski definition) is 3. The number of amides is 1. The average molecular weight is 249 g/mol. The maximum atomic E-state index is 12.0. The number of rotatable bonds is 2. The Hall–Kier alpha value is -0.320. The van der Waals surface area contributed by atoms with Crippen molar-refractivity contribution in [3.05, 3.63) is 0 Å². The fourth-order valence-electron chi connectivity index (χ4n) is 2.44. The van der Waals surface area contributed by atoms with Crippen molar-refractivity contribution in [2.24, 2.45) is 5.92 Å². The Bertz CT molecular complexity index is 224. The minimum Gasteiger partial charge on any atom is -0.381 e. The first-order valence-corrected chi connectivity index (χ1v) is 5.83. The highest BCUT2D eigenvalue weighted by atomic mass is 35.5. The molecule has 0 aromatic heterocycles. The van der Waals surface area contributed by atoms with E-state index in [9.17, 15) is 4.79 Å². The summed E-state index contributed by atoms with van der Waals surface area (Å²) in [5.74, 6) is 0.568. The molecule has 5 heteroatoms. The van der Waals surface area contributed by atoms with Gasteiger partial charge in [-0.2, -0.15) is 0 Å². The molecular weight excluding hydrogens is 228 g/mol. The van der Waals surface area contributed by atoms with Crippen LogP contribution in [0.2, 0.25) is 0 Å². The molecule has 2 aliphatic heterocycles. The molecule has 1 atom stereocenters. The predicted molar refractivity (Wildman–Crippen MR) is 64.8 cm³/mol. The molecule has 2 fully saturated rings. The lowest BCUT2D eigenvalue weighted by molar-refractivity contribution is -0.137.